The minimum Gasteiger partial charge on any atom is -0.393 e. The van der Waals surface area contributed by atoms with Crippen LogP contribution in [0.4, 0.5) is 0 Å². The number of piperidine rings is 1. The zero-order valence-corrected chi connectivity index (χ0v) is 10.9. The van der Waals surface area contributed by atoms with Crippen molar-refractivity contribution >= 4 is 0 Å². The lowest BCUT2D eigenvalue weighted by Gasteiger charge is -2.29. The summed E-state index contributed by atoms with van der Waals surface area (Å²) >= 11 is 0. The van der Waals surface area contributed by atoms with Gasteiger partial charge in [0.25, 0.3) is 0 Å². The average Bonchev–Trinajstić information content (AvgIpc) is 2.42. The monoisotopic (exact) mass is 249 g/mol. The standard InChI is InChI=1S/C14H23N3O/c18-14-5-10-17(11-6-14)9-3-7-15-12-13-4-1-2-8-16-13/h1-2,4,8,14-15,18H,3,5-7,9-12H2. The van der Waals surface area contributed by atoms with E-state index in [-0.39, 0.29) is 6.10 Å². The van der Waals surface area contributed by atoms with Crippen LogP contribution in [0.2, 0.25) is 0 Å². The molecule has 4 heteroatoms. The molecule has 2 N–H and O–H groups in total. The number of hydrogen-bond donors (Lipinski definition) is 2. The van der Waals surface area contributed by atoms with Crippen molar-refractivity contribution in [1.82, 2.24) is 15.2 Å². The number of aromatic nitrogens is 1. The second-order valence-corrected chi connectivity index (χ2v) is 4.92. The second-order valence-electron chi connectivity index (χ2n) is 4.92. The van der Waals surface area contributed by atoms with Gasteiger partial charge < -0.3 is 15.3 Å². The summed E-state index contributed by atoms with van der Waals surface area (Å²) in [5.74, 6) is 0. The molecule has 0 unspecified atom stereocenters. The SMILES string of the molecule is OC1CCN(CCCNCc2ccccn2)CC1. The molecule has 0 radical (unpaired) electrons. The van der Waals surface area contributed by atoms with Crippen LogP contribution in [-0.4, -0.2) is 47.3 Å². The molecule has 2 rings (SSSR count). The van der Waals surface area contributed by atoms with Crippen molar-refractivity contribution < 1.29 is 5.11 Å². The maximum atomic E-state index is 9.42. The molecule has 1 aromatic heterocycles. The van der Waals surface area contributed by atoms with Crippen molar-refractivity contribution in [2.45, 2.75) is 31.9 Å². The number of pyridine rings is 1. The lowest BCUT2D eigenvalue weighted by atomic mass is 10.1. The van der Waals surface area contributed by atoms with Crippen LogP contribution in [0.5, 0.6) is 0 Å². The van der Waals surface area contributed by atoms with Gasteiger partial charge in [0.05, 0.1) is 11.8 Å². The number of hydrogen-bond acceptors (Lipinski definition) is 4. The fourth-order valence-corrected chi connectivity index (χ4v) is 2.29. The molecule has 0 aliphatic carbocycles. The van der Waals surface area contributed by atoms with Gasteiger partial charge in [-0.1, -0.05) is 6.07 Å². The number of aliphatic hydroxyl groups is 1. The van der Waals surface area contributed by atoms with Crippen molar-refractivity contribution in [1.29, 1.82) is 0 Å². The van der Waals surface area contributed by atoms with Crippen LogP contribution in [0.15, 0.2) is 24.4 Å². The van der Waals surface area contributed by atoms with Crippen molar-refractivity contribution in [3.63, 3.8) is 0 Å². The zero-order valence-electron chi connectivity index (χ0n) is 10.9. The molecule has 0 aromatic carbocycles. The van der Waals surface area contributed by atoms with Gasteiger partial charge in [-0.2, -0.15) is 0 Å². The van der Waals surface area contributed by atoms with E-state index in [1.54, 1.807) is 0 Å². The molecule has 1 fully saturated rings. The number of aliphatic hydroxyl groups excluding tert-OH is 1. The first-order valence-corrected chi connectivity index (χ1v) is 6.85. The van der Waals surface area contributed by atoms with Crippen molar-refractivity contribution in [2.75, 3.05) is 26.2 Å². The summed E-state index contributed by atoms with van der Waals surface area (Å²) in [5.41, 5.74) is 1.10. The fourth-order valence-electron chi connectivity index (χ4n) is 2.29. The number of nitrogens with zero attached hydrogens (tertiary/aromatic N) is 2. The Morgan fingerprint density at radius 2 is 2.17 bits per heavy atom. The highest BCUT2D eigenvalue weighted by atomic mass is 16.3. The van der Waals surface area contributed by atoms with E-state index in [4.69, 9.17) is 0 Å². The van der Waals surface area contributed by atoms with E-state index in [0.29, 0.717) is 0 Å². The minimum absolute atomic E-state index is 0.0662. The maximum Gasteiger partial charge on any atom is 0.0564 e. The Morgan fingerprint density at radius 1 is 1.33 bits per heavy atom. The molecule has 0 saturated carbocycles. The van der Waals surface area contributed by atoms with Gasteiger partial charge in [-0.05, 0) is 44.5 Å². The Bertz CT molecular complexity index is 323. The van der Waals surface area contributed by atoms with Gasteiger partial charge in [-0.15, -0.1) is 0 Å². The third kappa shape index (κ3) is 4.72. The summed E-state index contributed by atoms with van der Waals surface area (Å²) in [6, 6.07) is 6.00. The summed E-state index contributed by atoms with van der Waals surface area (Å²) in [5, 5.41) is 12.8. The van der Waals surface area contributed by atoms with Gasteiger partial charge >= 0.3 is 0 Å². The van der Waals surface area contributed by atoms with Gasteiger partial charge in [0.2, 0.25) is 0 Å². The Labute approximate surface area is 109 Å². The quantitative estimate of drug-likeness (QED) is 0.739. The molecule has 4 nitrogen and oxygen atoms in total. The van der Waals surface area contributed by atoms with Crippen molar-refractivity contribution in [3.8, 4) is 0 Å². The molecule has 18 heavy (non-hydrogen) atoms. The molecule has 1 aliphatic rings. The Kier molecular flexibility index (Phi) is 5.58. The van der Waals surface area contributed by atoms with Crippen LogP contribution in [0.3, 0.4) is 0 Å². The summed E-state index contributed by atoms with van der Waals surface area (Å²) in [7, 11) is 0. The highest BCUT2D eigenvalue weighted by molar-refractivity contribution is 5.02. The topological polar surface area (TPSA) is 48.4 Å². The number of likely N-dealkylation sites (tertiary alicyclic amines) is 1. The molecule has 1 aliphatic heterocycles. The molecule has 0 atom stereocenters. The van der Waals surface area contributed by atoms with E-state index in [0.717, 1.165) is 57.7 Å². The van der Waals surface area contributed by atoms with Crippen LogP contribution in [0.1, 0.15) is 25.0 Å². The second kappa shape index (κ2) is 7.46. The van der Waals surface area contributed by atoms with E-state index in [2.05, 4.69) is 15.2 Å². The normalized spacial score (nSPS) is 18.1. The van der Waals surface area contributed by atoms with Crippen LogP contribution in [0, 0.1) is 0 Å². The lowest BCUT2D eigenvalue weighted by molar-refractivity contribution is 0.0821. The molecule has 0 bridgehead atoms. The fraction of sp³-hybridized carbons (Fsp3) is 0.643. The highest BCUT2D eigenvalue weighted by Gasteiger charge is 2.15. The van der Waals surface area contributed by atoms with Gasteiger partial charge in [-0.25, -0.2) is 0 Å². The molecule has 0 amide bonds. The summed E-state index contributed by atoms with van der Waals surface area (Å²) in [6.45, 7) is 5.08. The van der Waals surface area contributed by atoms with E-state index in [9.17, 15) is 5.11 Å². The summed E-state index contributed by atoms with van der Waals surface area (Å²) in [6.07, 6.45) is 4.78. The number of nitrogens with one attached hydrogen (secondary N) is 1. The molecular formula is C14H23N3O. The lowest BCUT2D eigenvalue weighted by Crippen LogP contribution is -2.37. The Morgan fingerprint density at radius 3 is 2.89 bits per heavy atom. The first kappa shape index (κ1) is 13.5. The predicted octanol–water partition coefficient (Wildman–Crippen LogP) is 1.02. The molecule has 100 valence electrons. The maximum absolute atomic E-state index is 9.42. The smallest absolute Gasteiger partial charge is 0.0564 e. The zero-order chi connectivity index (χ0) is 12.6. The first-order chi connectivity index (χ1) is 8.84. The van der Waals surface area contributed by atoms with Gasteiger partial charge in [0.15, 0.2) is 0 Å². The van der Waals surface area contributed by atoms with Gasteiger partial charge in [-0.3, -0.25) is 4.98 Å². The average molecular weight is 249 g/mol. The molecule has 2 heterocycles. The Balaban J connectivity index is 1.51. The molecule has 1 saturated heterocycles. The molecule has 1 aromatic rings. The van der Waals surface area contributed by atoms with Crippen LogP contribution in [-0.2, 0) is 6.54 Å². The summed E-state index contributed by atoms with van der Waals surface area (Å²) < 4.78 is 0. The van der Waals surface area contributed by atoms with E-state index >= 15 is 0 Å². The third-order valence-corrected chi connectivity index (χ3v) is 3.42. The van der Waals surface area contributed by atoms with Crippen molar-refractivity contribution in [2.24, 2.45) is 0 Å². The predicted molar refractivity (Wildman–Crippen MR) is 72.2 cm³/mol. The summed E-state index contributed by atoms with van der Waals surface area (Å²) in [4.78, 5) is 6.71. The van der Waals surface area contributed by atoms with Crippen molar-refractivity contribution in [3.05, 3.63) is 30.1 Å². The van der Waals surface area contributed by atoms with E-state index in [1.807, 2.05) is 24.4 Å². The van der Waals surface area contributed by atoms with Gasteiger partial charge in [0.1, 0.15) is 0 Å². The van der Waals surface area contributed by atoms with Crippen LogP contribution in [0.25, 0.3) is 0 Å². The Hall–Kier alpha value is -0.970. The highest BCUT2D eigenvalue weighted by Crippen LogP contribution is 2.09. The van der Waals surface area contributed by atoms with Crippen LogP contribution < -0.4 is 5.32 Å². The van der Waals surface area contributed by atoms with Crippen LogP contribution >= 0.6 is 0 Å². The largest absolute Gasteiger partial charge is 0.393 e. The number of rotatable bonds is 6. The van der Waals surface area contributed by atoms with E-state index in [1.165, 1.54) is 0 Å². The first-order valence-electron chi connectivity index (χ1n) is 6.85. The van der Waals surface area contributed by atoms with Gasteiger partial charge in [0, 0.05) is 25.8 Å². The molecular weight excluding hydrogens is 226 g/mol. The third-order valence-electron chi connectivity index (χ3n) is 3.42. The minimum atomic E-state index is -0.0662. The van der Waals surface area contributed by atoms with E-state index < -0.39 is 0 Å². The molecule has 0 spiro atoms.